The van der Waals surface area contributed by atoms with E-state index in [1.54, 1.807) is 23.2 Å². The monoisotopic (exact) mass is 298 g/mol. The summed E-state index contributed by atoms with van der Waals surface area (Å²) >= 11 is 3.29. The lowest BCUT2D eigenvalue weighted by Crippen LogP contribution is -2.41. The Morgan fingerprint density at radius 1 is 1.65 bits per heavy atom. The molecule has 0 radical (unpaired) electrons. The maximum atomic E-state index is 12.3. The van der Waals surface area contributed by atoms with Crippen LogP contribution in [-0.4, -0.2) is 40.6 Å². The molecule has 4 nitrogen and oxygen atoms in total. The molecule has 1 saturated heterocycles. The number of likely N-dealkylation sites (tertiary alicyclic amines) is 1. The van der Waals surface area contributed by atoms with E-state index in [2.05, 4.69) is 20.9 Å². The first-order valence-corrected chi connectivity index (χ1v) is 6.52. The van der Waals surface area contributed by atoms with E-state index < -0.39 is 0 Å². The minimum atomic E-state index is -0.0110. The lowest BCUT2D eigenvalue weighted by atomic mass is 9.98. The Balaban J connectivity index is 2.12. The van der Waals surface area contributed by atoms with Gasteiger partial charge in [-0.15, -0.1) is 0 Å². The van der Waals surface area contributed by atoms with Gasteiger partial charge < -0.3 is 10.0 Å². The zero-order valence-electron chi connectivity index (χ0n) is 9.47. The topological polar surface area (TPSA) is 53.4 Å². The summed E-state index contributed by atoms with van der Waals surface area (Å²) in [4.78, 5) is 18.1. The predicted molar refractivity (Wildman–Crippen MR) is 67.7 cm³/mol. The van der Waals surface area contributed by atoms with Crippen molar-refractivity contribution in [2.24, 2.45) is 5.92 Å². The smallest absolute Gasteiger partial charge is 0.256 e. The molecular formula is C12H15BrN2O2. The Bertz CT molecular complexity index is 411. The highest BCUT2D eigenvalue weighted by Gasteiger charge is 2.25. The Labute approximate surface area is 109 Å². The number of aliphatic hydroxyl groups is 1. The summed E-state index contributed by atoms with van der Waals surface area (Å²) in [6.07, 6.45) is 3.59. The molecule has 0 bridgehead atoms. The number of nitrogens with zero attached hydrogens (tertiary/aromatic N) is 2. The Morgan fingerprint density at radius 3 is 3.18 bits per heavy atom. The van der Waals surface area contributed by atoms with Crippen molar-refractivity contribution < 1.29 is 9.90 Å². The molecule has 1 aromatic rings. The molecular weight excluding hydrogens is 284 g/mol. The van der Waals surface area contributed by atoms with Crippen molar-refractivity contribution in [2.45, 2.75) is 12.8 Å². The average Bonchev–Trinajstić information content (AvgIpc) is 2.38. The van der Waals surface area contributed by atoms with Crippen molar-refractivity contribution in [2.75, 3.05) is 19.7 Å². The van der Waals surface area contributed by atoms with E-state index in [4.69, 9.17) is 5.11 Å². The predicted octanol–water partition coefficient (Wildman–Crippen LogP) is 1.69. The second kappa shape index (κ2) is 5.60. The number of pyridine rings is 1. The second-order valence-corrected chi connectivity index (χ2v) is 5.03. The van der Waals surface area contributed by atoms with Crippen LogP contribution < -0.4 is 0 Å². The maximum absolute atomic E-state index is 12.3. The summed E-state index contributed by atoms with van der Waals surface area (Å²) < 4.78 is 0.580. The standard InChI is InChI=1S/C12H15BrN2O2/c13-11-10(4-1-5-14-11)12(17)15-6-2-3-9(7-15)8-16/h1,4-5,9,16H,2-3,6-8H2. The number of aliphatic hydroxyl groups excluding tert-OH is 1. The lowest BCUT2D eigenvalue weighted by Gasteiger charge is -2.32. The van der Waals surface area contributed by atoms with Gasteiger partial charge >= 0.3 is 0 Å². The number of carbonyl (C=O) groups is 1. The van der Waals surface area contributed by atoms with E-state index in [0.717, 1.165) is 19.4 Å². The van der Waals surface area contributed by atoms with Crippen LogP contribution in [0.4, 0.5) is 0 Å². The third-order valence-corrected chi connectivity index (χ3v) is 3.69. The van der Waals surface area contributed by atoms with Gasteiger partial charge in [0.15, 0.2) is 0 Å². The number of aromatic nitrogens is 1. The van der Waals surface area contributed by atoms with Crippen LogP contribution >= 0.6 is 15.9 Å². The molecule has 1 aromatic heterocycles. The van der Waals surface area contributed by atoms with Gasteiger partial charge in [-0.1, -0.05) is 0 Å². The van der Waals surface area contributed by atoms with Gasteiger partial charge in [-0.05, 0) is 46.8 Å². The zero-order chi connectivity index (χ0) is 12.3. The minimum Gasteiger partial charge on any atom is -0.396 e. The van der Waals surface area contributed by atoms with E-state index in [1.807, 2.05) is 0 Å². The fourth-order valence-electron chi connectivity index (χ4n) is 2.11. The molecule has 1 fully saturated rings. The second-order valence-electron chi connectivity index (χ2n) is 4.28. The Morgan fingerprint density at radius 2 is 2.47 bits per heavy atom. The molecule has 0 aliphatic carbocycles. The number of halogens is 1. The third-order valence-electron chi connectivity index (χ3n) is 3.05. The molecule has 0 saturated carbocycles. The van der Waals surface area contributed by atoms with Gasteiger partial charge in [0.05, 0.1) is 5.56 Å². The van der Waals surface area contributed by atoms with E-state index in [1.165, 1.54) is 0 Å². The summed E-state index contributed by atoms with van der Waals surface area (Å²) in [5.41, 5.74) is 0.589. The molecule has 1 unspecified atom stereocenters. The van der Waals surface area contributed by atoms with Crippen LogP contribution in [0.1, 0.15) is 23.2 Å². The van der Waals surface area contributed by atoms with Crippen molar-refractivity contribution in [1.82, 2.24) is 9.88 Å². The molecule has 2 rings (SSSR count). The van der Waals surface area contributed by atoms with Crippen molar-refractivity contribution in [1.29, 1.82) is 0 Å². The van der Waals surface area contributed by atoms with Gasteiger partial charge in [0.1, 0.15) is 4.60 Å². The maximum Gasteiger partial charge on any atom is 0.256 e. The van der Waals surface area contributed by atoms with Gasteiger partial charge in [0.25, 0.3) is 5.91 Å². The highest BCUT2D eigenvalue weighted by Crippen LogP contribution is 2.20. The van der Waals surface area contributed by atoms with Gasteiger partial charge in [0.2, 0.25) is 0 Å². The largest absolute Gasteiger partial charge is 0.396 e. The van der Waals surface area contributed by atoms with Crippen molar-refractivity contribution >= 4 is 21.8 Å². The number of amides is 1. The van der Waals surface area contributed by atoms with Gasteiger partial charge in [-0.25, -0.2) is 4.98 Å². The van der Waals surface area contributed by atoms with Crippen LogP contribution in [0.3, 0.4) is 0 Å². The molecule has 0 aromatic carbocycles. The fourth-order valence-corrected chi connectivity index (χ4v) is 2.53. The fraction of sp³-hybridized carbons (Fsp3) is 0.500. The Kier molecular flexibility index (Phi) is 4.12. The summed E-state index contributed by atoms with van der Waals surface area (Å²) in [5, 5.41) is 9.16. The Hall–Kier alpha value is -0.940. The van der Waals surface area contributed by atoms with Crippen molar-refractivity contribution in [3.05, 3.63) is 28.5 Å². The zero-order valence-corrected chi connectivity index (χ0v) is 11.1. The normalized spacial score (nSPS) is 20.4. The van der Waals surface area contributed by atoms with Gasteiger partial charge in [0, 0.05) is 25.9 Å². The van der Waals surface area contributed by atoms with Crippen molar-refractivity contribution in [3.8, 4) is 0 Å². The molecule has 1 atom stereocenters. The van der Waals surface area contributed by atoms with Crippen LogP contribution in [0, 0.1) is 5.92 Å². The molecule has 1 aliphatic heterocycles. The van der Waals surface area contributed by atoms with Crippen LogP contribution in [0.2, 0.25) is 0 Å². The summed E-state index contributed by atoms with van der Waals surface area (Å²) in [7, 11) is 0. The quantitative estimate of drug-likeness (QED) is 0.846. The first-order chi connectivity index (χ1) is 8.22. The number of piperidine rings is 1. The van der Waals surface area contributed by atoms with Crippen LogP contribution in [0.25, 0.3) is 0 Å². The molecule has 5 heteroatoms. The molecule has 92 valence electrons. The molecule has 1 amide bonds. The summed E-state index contributed by atoms with van der Waals surface area (Å²) in [5.74, 6) is 0.200. The number of hydrogen-bond donors (Lipinski definition) is 1. The first kappa shape index (κ1) is 12.5. The van der Waals surface area contributed by atoms with E-state index in [-0.39, 0.29) is 18.4 Å². The third kappa shape index (κ3) is 2.84. The van der Waals surface area contributed by atoms with E-state index in [9.17, 15) is 4.79 Å². The molecule has 2 heterocycles. The number of hydrogen-bond acceptors (Lipinski definition) is 3. The van der Waals surface area contributed by atoms with Gasteiger partial charge in [-0.3, -0.25) is 4.79 Å². The number of carbonyl (C=O) groups excluding carboxylic acids is 1. The van der Waals surface area contributed by atoms with Crippen LogP contribution in [0.15, 0.2) is 22.9 Å². The summed E-state index contributed by atoms with van der Waals surface area (Å²) in [6, 6.07) is 3.52. The summed E-state index contributed by atoms with van der Waals surface area (Å²) in [6.45, 7) is 1.55. The minimum absolute atomic E-state index is 0.0110. The highest BCUT2D eigenvalue weighted by molar-refractivity contribution is 9.10. The molecule has 1 N–H and O–H groups in total. The van der Waals surface area contributed by atoms with Crippen molar-refractivity contribution in [3.63, 3.8) is 0 Å². The average molecular weight is 299 g/mol. The van der Waals surface area contributed by atoms with E-state index >= 15 is 0 Å². The van der Waals surface area contributed by atoms with E-state index in [0.29, 0.717) is 16.7 Å². The first-order valence-electron chi connectivity index (χ1n) is 5.73. The molecule has 1 aliphatic rings. The molecule has 0 spiro atoms. The molecule has 17 heavy (non-hydrogen) atoms. The highest BCUT2D eigenvalue weighted by atomic mass is 79.9. The van der Waals surface area contributed by atoms with Crippen LogP contribution in [-0.2, 0) is 0 Å². The number of rotatable bonds is 2. The SMILES string of the molecule is O=C(c1cccnc1Br)N1CCCC(CO)C1. The van der Waals surface area contributed by atoms with Gasteiger partial charge in [-0.2, -0.15) is 0 Å². The van der Waals surface area contributed by atoms with Crippen LogP contribution in [0.5, 0.6) is 0 Å². The lowest BCUT2D eigenvalue weighted by molar-refractivity contribution is 0.0619.